The third-order valence-corrected chi connectivity index (χ3v) is 6.28. The molecule has 2 aliphatic heterocycles. The van der Waals surface area contributed by atoms with Gasteiger partial charge in [-0.2, -0.15) is 0 Å². The van der Waals surface area contributed by atoms with Gasteiger partial charge in [-0.15, -0.1) is 0 Å². The molecule has 156 valence electrons. The van der Waals surface area contributed by atoms with E-state index < -0.39 is 24.0 Å². The van der Waals surface area contributed by atoms with E-state index in [0.29, 0.717) is 16.9 Å². The van der Waals surface area contributed by atoms with Crippen LogP contribution in [0.15, 0.2) is 77.3 Å². The largest absolute Gasteiger partial charge is 0.508 e. The number of benzene rings is 3. The molecule has 0 unspecified atom stereocenters. The minimum Gasteiger partial charge on any atom is -0.508 e. The van der Waals surface area contributed by atoms with Crippen molar-refractivity contribution in [3.63, 3.8) is 0 Å². The van der Waals surface area contributed by atoms with Crippen LogP contribution in [-0.4, -0.2) is 23.0 Å². The smallest absolute Gasteiger partial charge is 0.266 e. The molecule has 2 fully saturated rings. The van der Waals surface area contributed by atoms with Crippen LogP contribution >= 0.6 is 15.9 Å². The lowest BCUT2D eigenvalue weighted by Crippen LogP contribution is -2.37. The first-order valence-electron chi connectivity index (χ1n) is 9.90. The third kappa shape index (κ3) is 3.12. The first kappa shape index (κ1) is 19.8. The minimum atomic E-state index is -0.976. The monoisotopic (exact) mass is 478 g/mol. The van der Waals surface area contributed by atoms with Crippen LogP contribution in [0.25, 0.3) is 0 Å². The second-order valence-corrected chi connectivity index (χ2v) is 8.58. The van der Waals surface area contributed by atoms with Gasteiger partial charge in [0.05, 0.1) is 17.4 Å². The van der Waals surface area contributed by atoms with Gasteiger partial charge in [-0.05, 0) is 48.9 Å². The zero-order valence-electron chi connectivity index (χ0n) is 16.6. The van der Waals surface area contributed by atoms with Gasteiger partial charge in [0.2, 0.25) is 5.91 Å². The van der Waals surface area contributed by atoms with Gasteiger partial charge < -0.3 is 5.11 Å². The molecular formula is C24H19BrN2O4. The van der Waals surface area contributed by atoms with E-state index in [1.165, 1.54) is 4.90 Å². The predicted octanol–water partition coefficient (Wildman–Crippen LogP) is 4.51. The summed E-state index contributed by atoms with van der Waals surface area (Å²) >= 11 is 3.44. The van der Waals surface area contributed by atoms with Crippen molar-refractivity contribution < 1.29 is 19.5 Å². The number of hydroxylamine groups is 1. The molecule has 31 heavy (non-hydrogen) atoms. The number of aryl methyl sites for hydroxylation is 1. The first-order valence-corrected chi connectivity index (χ1v) is 10.7. The quantitative estimate of drug-likeness (QED) is 0.560. The zero-order valence-corrected chi connectivity index (χ0v) is 18.2. The standard InChI is InChI=1S/C24H19BrN2O4/c1-14-7-5-6-10-18(14)26-23(29)20-21(17-13-15(25)11-12-19(17)28)27(31-22(20)24(26)30)16-8-3-2-4-9-16/h2-13,20-22,28H,1H3/t20-,21+,22+/m0/s1. The molecule has 2 heterocycles. The number of phenols is 1. The third-order valence-electron chi connectivity index (χ3n) is 5.79. The van der Waals surface area contributed by atoms with Gasteiger partial charge in [0.1, 0.15) is 11.7 Å². The molecule has 2 amide bonds. The number of nitrogens with zero attached hydrogens (tertiary/aromatic N) is 2. The second kappa shape index (κ2) is 7.51. The lowest BCUT2D eigenvalue weighted by molar-refractivity contribution is -0.126. The molecule has 5 rings (SSSR count). The van der Waals surface area contributed by atoms with E-state index >= 15 is 0 Å². The van der Waals surface area contributed by atoms with Crippen LogP contribution in [0.1, 0.15) is 17.2 Å². The van der Waals surface area contributed by atoms with E-state index in [9.17, 15) is 14.7 Å². The maximum Gasteiger partial charge on any atom is 0.266 e. The number of anilines is 2. The molecule has 1 N–H and O–H groups in total. The van der Waals surface area contributed by atoms with Crippen molar-refractivity contribution in [3.8, 4) is 5.75 Å². The number of halogens is 1. The molecule has 0 aliphatic carbocycles. The second-order valence-electron chi connectivity index (χ2n) is 7.66. The highest BCUT2D eigenvalue weighted by molar-refractivity contribution is 9.10. The fraction of sp³-hybridized carbons (Fsp3) is 0.167. The van der Waals surface area contributed by atoms with Crippen molar-refractivity contribution in [1.29, 1.82) is 0 Å². The van der Waals surface area contributed by atoms with Crippen molar-refractivity contribution in [3.05, 3.63) is 88.4 Å². The molecule has 3 aromatic rings. The normalized spacial score (nSPS) is 22.8. The predicted molar refractivity (Wildman–Crippen MR) is 120 cm³/mol. The molecule has 0 bridgehead atoms. The van der Waals surface area contributed by atoms with Crippen molar-refractivity contribution in [1.82, 2.24) is 0 Å². The van der Waals surface area contributed by atoms with E-state index in [2.05, 4.69) is 15.9 Å². The Morgan fingerprint density at radius 1 is 0.935 bits per heavy atom. The SMILES string of the molecule is Cc1ccccc1N1C(=O)[C@H]2[C@@H](c3cc(Br)ccc3O)N(c3ccccc3)O[C@H]2C1=O. The van der Waals surface area contributed by atoms with Crippen molar-refractivity contribution in [2.75, 3.05) is 9.96 Å². The van der Waals surface area contributed by atoms with Crippen LogP contribution in [0.5, 0.6) is 5.75 Å². The Morgan fingerprint density at radius 3 is 2.39 bits per heavy atom. The number of hydrogen-bond acceptors (Lipinski definition) is 5. The molecule has 0 radical (unpaired) electrons. The van der Waals surface area contributed by atoms with Gasteiger partial charge in [-0.3, -0.25) is 14.4 Å². The van der Waals surface area contributed by atoms with Gasteiger partial charge in [0.25, 0.3) is 5.91 Å². The van der Waals surface area contributed by atoms with E-state index in [-0.39, 0.29) is 11.7 Å². The highest BCUT2D eigenvalue weighted by Crippen LogP contribution is 2.49. The molecule has 7 heteroatoms. The molecule has 2 saturated heterocycles. The maximum absolute atomic E-state index is 13.6. The van der Waals surface area contributed by atoms with Crippen molar-refractivity contribution in [2.45, 2.75) is 19.1 Å². The van der Waals surface area contributed by atoms with Crippen LogP contribution in [0.2, 0.25) is 0 Å². The van der Waals surface area contributed by atoms with Gasteiger partial charge in [0, 0.05) is 10.0 Å². The number of imide groups is 1. The van der Waals surface area contributed by atoms with Gasteiger partial charge in [-0.1, -0.05) is 52.3 Å². The number of amides is 2. The number of fused-ring (bicyclic) bond motifs is 1. The van der Waals surface area contributed by atoms with E-state index in [1.807, 2.05) is 49.4 Å². The van der Waals surface area contributed by atoms with E-state index in [4.69, 9.17) is 4.84 Å². The molecule has 6 nitrogen and oxygen atoms in total. The summed E-state index contributed by atoms with van der Waals surface area (Å²) in [6.45, 7) is 1.86. The highest BCUT2D eigenvalue weighted by Gasteiger charge is 2.60. The molecule has 0 saturated carbocycles. The number of phenolic OH excluding ortho intramolecular Hbond substituents is 1. The summed E-state index contributed by atoms with van der Waals surface area (Å²) in [4.78, 5) is 34.3. The molecule has 3 aromatic carbocycles. The number of aromatic hydroxyl groups is 1. The Kier molecular flexibility index (Phi) is 4.79. The molecule has 0 spiro atoms. The number of hydrogen-bond donors (Lipinski definition) is 1. The average molecular weight is 479 g/mol. The molecule has 2 aliphatic rings. The lowest BCUT2D eigenvalue weighted by Gasteiger charge is -2.29. The van der Waals surface area contributed by atoms with E-state index in [1.54, 1.807) is 35.4 Å². The summed E-state index contributed by atoms with van der Waals surface area (Å²) in [6.07, 6.45) is -0.976. The summed E-state index contributed by atoms with van der Waals surface area (Å²) < 4.78 is 0.754. The Hall–Kier alpha value is -3.16. The number of carbonyl (C=O) groups is 2. The molecule has 0 aromatic heterocycles. The Bertz CT molecular complexity index is 1180. The average Bonchev–Trinajstić information content (AvgIpc) is 3.27. The number of carbonyl (C=O) groups excluding carboxylic acids is 2. The van der Waals surface area contributed by atoms with Crippen LogP contribution in [0.3, 0.4) is 0 Å². The van der Waals surface area contributed by atoms with Crippen LogP contribution < -0.4 is 9.96 Å². The Balaban J connectivity index is 1.64. The van der Waals surface area contributed by atoms with Gasteiger partial charge >= 0.3 is 0 Å². The zero-order chi connectivity index (χ0) is 21.7. The van der Waals surface area contributed by atoms with Crippen molar-refractivity contribution in [2.24, 2.45) is 5.92 Å². The summed E-state index contributed by atoms with van der Waals surface area (Å²) in [5, 5.41) is 12.2. The first-order chi connectivity index (χ1) is 15.0. The van der Waals surface area contributed by atoms with Gasteiger partial charge in [-0.25, -0.2) is 9.96 Å². The Labute approximate surface area is 187 Å². The maximum atomic E-state index is 13.6. The minimum absolute atomic E-state index is 0.0352. The van der Waals surface area contributed by atoms with Gasteiger partial charge in [0.15, 0.2) is 6.10 Å². The highest BCUT2D eigenvalue weighted by atomic mass is 79.9. The molecule has 3 atom stereocenters. The molecular weight excluding hydrogens is 460 g/mol. The summed E-state index contributed by atoms with van der Waals surface area (Å²) in [5.74, 6) is -1.50. The van der Waals surface area contributed by atoms with E-state index in [0.717, 1.165) is 10.0 Å². The van der Waals surface area contributed by atoms with Crippen LogP contribution in [0.4, 0.5) is 11.4 Å². The van der Waals surface area contributed by atoms with Crippen molar-refractivity contribution >= 4 is 39.1 Å². The fourth-order valence-electron chi connectivity index (χ4n) is 4.34. The summed E-state index contributed by atoms with van der Waals surface area (Å²) in [5.41, 5.74) is 2.59. The number of para-hydroxylation sites is 2. The number of rotatable bonds is 3. The fourth-order valence-corrected chi connectivity index (χ4v) is 4.72. The lowest BCUT2D eigenvalue weighted by atomic mass is 9.90. The summed E-state index contributed by atoms with van der Waals surface area (Å²) in [7, 11) is 0. The summed E-state index contributed by atoms with van der Waals surface area (Å²) in [6, 6.07) is 20.9. The topological polar surface area (TPSA) is 70.1 Å². The Morgan fingerprint density at radius 2 is 1.65 bits per heavy atom. The van der Waals surface area contributed by atoms with Crippen LogP contribution in [0, 0.1) is 12.8 Å². The van der Waals surface area contributed by atoms with Crippen LogP contribution in [-0.2, 0) is 14.4 Å².